The minimum Gasteiger partial charge on any atom is -0.497 e. The molecule has 0 aliphatic carbocycles. The average molecular weight is 504 g/mol. The monoisotopic (exact) mass is 503 g/mol. The number of para-hydroxylation sites is 1. The Morgan fingerprint density at radius 3 is 2.38 bits per heavy atom. The van der Waals surface area contributed by atoms with Crippen LogP contribution in [-0.2, 0) is 0 Å². The topological polar surface area (TPSA) is 75.0 Å². The lowest BCUT2D eigenvalue weighted by Crippen LogP contribution is -2.13. The fraction of sp³-hybridized carbons (Fsp3) is 0.129. The molecular weight excluding hydrogens is 478 g/mol. The van der Waals surface area contributed by atoms with Gasteiger partial charge in [0, 0.05) is 21.4 Å². The first kappa shape index (κ1) is 24.2. The van der Waals surface area contributed by atoms with Crippen LogP contribution in [0.25, 0.3) is 33.3 Å². The Kier molecular flexibility index (Phi) is 6.47. The number of nitrogens with zero attached hydrogens (tertiary/aromatic N) is 2. The van der Waals surface area contributed by atoms with Gasteiger partial charge < -0.3 is 10.1 Å². The predicted molar refractivity (Wildman–Crippen MR) is 150 cm³/mol. The molecule has 0 saturated heterocycles. The van der Waals surface area contributed by atoms with Crippen molar-refractivity contribution in [2.45, 2.75) is 20.8 Å². The molecule has 0 unspecified atom stereocenters. The van der Waals surface area contributed by atoms with E-state index in [1.54, 1.807) is 7.11 Å². The number of thiophene rings is 1. The van der Waals surface area contributed by atoms with E-state index in [9.17, 15) is 10.1 Å². The van der Waals surface area contributed by atoms with Crippen LogP contribution in [0.4, 0.5) is 5.00 Å². The highest BCUT2D eigenvalue weighted by Crippen LogP contribution is 2.40. The number of nitrogens with one attached hydrogen (secondary N) is 1. The van der Waals surface area contributed by atoms with Gasteiger partial charge in [0.05, 0.1) is 29.4 Å². The zero-order chi connectivity index (χ0) is 26.1. The molecule has 0 aliphatic heterocycles. The van der Waals surface area contributed by atoms with Gasteiger partial charge in [0.2, 0.25) is 0 Å². The van der Waals surface area contributed by atoms with Gasteiger partial charge in [0.25, 0.3) is 5.91 Å². The molecule has 1 amide bonds. The molecule has 0 fully saturated rings. The lowest BCUT2D eigenvalue weighted by molar-refractivity contribution is 0.102. The number of nitriles is 1. The lowest BCUT2D eigenvalue weighted by atomic mass is 10.0. The molecule has 2 heterocycles. The zero-order valence-electron chi connectivity index (χ0n) is 21.0. The molecular formula is C31H25N3O2S. The number of benzene rings is 3. The number of rotatable bonds is 5. The van der Waals surface area contributed by atoms with Crippen molar-refractivity contribution in [1.29, 1.82) is 5.26 Å². The van der Waals surface area contributed by atoms with Gasteiger partial charge in [-0.05, 0) is 67.8 Å². The summed E-state index contributed by atoms with van der Waals surface area (Å²) in [6, 6.07) is 25.5. The smallest absolute Gasteiger partial charge is 0.257 e. The maximum absolute atomic E-state index is 13.7. The number of ether oxygens (including phenoxy) is 1. The second-order valence-corrected chi connectivity index (χ2v) is 10.1. The SMILES string of the molecule is COc1ccc(-c2c(C)sc(NC(=O)c3cc(-c4ccc(C)c(C)c4)nc4ccccc34)c2C#N)cc1. The molecule has 182 valence electrons. The summed E-state index contributed by atoms with van der Waals surface area (Å²) in [5.41, 5.74) is 7.48. The first-order valence-corrected chi connectivity index (χ1v) is 12.7. The summed E-state index contributed by atoms with van der Waals surface area (Å²) < 4.78 is 5.26. The molecule has 0 spiro atoms. The van der Waals surface area contributed by atoms with Crippen LogP contribution in [0, 0.1) is 32.1 Å². The molecule has 0 radical (unpaired) electrons. The maximum Gasteiger partial charge on any atom is 0.257 e. The molecule has 0 aliphatic rings. The normalized spacial score (nSPS) is 10.8. The molecule has 5 aromatic rings. The van der Waals surface area contributed by atoms with E-state index >= 15 is 0 Å². The molecule has 6 heteroatoms. The van der Waals surface area contributed by atoms with Crippen molar-refractivity contribution in [3.63, 3.8) is 0 Å². The predicted octanol–water partition coefficient (Wildman–Crippen LogP) is 7.69. The summed E-state index contributed by atoms with van der Waals surface area (Å²) in [7, 11) is 1.62. The van der Waals surface area contributed by atoms with E-state index in [0.717, 1.165) is 49.5 Å². The van der Waals surface area contributed by atoms with Crippen LogP contribution in [0.15, 0.2) is 72.8 Å². The fourth-order valence-corrected chi connectivity index (χ4v) is 5.45. The van der Waals surface area contributed by atoms with Gasteiger partial charge in [-0.15, -0.1) is 11.3 Å². The standard InChI is InChI=1S/C31H25N3O2S/c1-18-9-10-22(15-19(18)2)28-16-25(24-7-5-6-8-27(24)33-28)30(35)34-31-26(17-32)29(20(3)37-31)21-11-13-23(36-4)14-12-21/h5-16H,1-4H3,(H,34,35). The van der Waals surface area contributed by atoms with Gasteiger partial charge >= 0.3 is 0 Å². The highest BCUT2D eigenvalue weighted by molar-refractivity contribution is 7.17. The molecule has 1 N–H and O–H groups in total. The highest BCUT2D eigenvalue weighted by atomic mass is 32.1. The number of aromatic nitrogens is 1. The molecule has 0 atom stereocenters. The van der Waals surface area contributed by atoms with Gasteiger partial charge in [-0.3, -0.25) is 4.79 Å². The Labute approximate surface area is 220 Å². The Morgan fingerprint density at radius 1 is 0.946 bits per heavy atom. The molecule has 5 nitrogen and oxygen atoms in total. The van der Waals surface area contributed by atoms with Crippen LogP contribution in [0.2, 0.25) is 0 Å². The summed E-state index contributed by atoms with van der Waals surface area (Å²) in [5, 5.41) is 14.4. The molecule has 2 aromatic heterocycles. The summed E-state index contributed by atoms with van der Waals surface area (Å²) in [4.78, 5) is 19.5. The number of methoxy groups -OCH3 is 1. The third-order valence-electron chi connectivity index (χ3n) is 6.57. The third kappa shape index (κ3) is 4.57. The van der Waals surface area contributed by atoms with E-state index in [4.69, 9.17) is 9.72 Å². The van der Waals surface area contributed by atoms with E-state index in [-0.39, 0.29) is 5.91 Å². The van der Waals surface area contributed by atoms with Gasteiger partial charge in [-0.25, -0.2) is 4.98 Å². The first-order valence-electron chi connectivity index (χ1n) is 11.9. The van der Waals surface area contributed by atoms with Crippen molar-refractivity contribution in [2.75, 3.05) is 12.4 Å². The molecule has 37 heavy (non-hydrogen) atoms. The van der Waals surface area contributed by atoms with Crippen LogP contribution < -0.4 is 10.1 Å². The van der Waals surface area contributed by atoms with E-state index in [2.05, 4.69) is 37.4 Å². The number of anilines is 1. The van der Waals surface area contributed by atoms with Crippen LogP contribution in [0.3, 0.4) is 0 Å². The molecule has 3 aromatic carbocycles. The maximum atomic E-state index is 13.7. The van der Waals surface area contributed by atoms with E-state index in [1.165, 1.54) is 16.9 Å². The second-order valence-electron chi connectivity index (χ2n) is 8.90. The lowest BCUT2D eigenvalue weighted by Gasteiger charge is -2.11. The number of pyridine rings is 1. The summed E-state index contributed by atoms with van der Waals surface area (Å²) in [5.74, 6) is 0.468. The highest BCUT2D eigenvalue weighted by Gasteiger charge is 2.21. The quantitative estimate of drug-likeness (QED) is 0.267. The summed E-state index contributed by atoms with van der Waals surface area (Å²) in [6.07, 6.45) is 0. The van der Waals surface area contributed by atoms with E-state index in [0.29, 0.717) is 16.1 Å². The van der Waals surface area contributed by atoms with Crippen molar-refractivity contribution in [3.05, 3.63) is 99.9 Å². The van der Waals surface area contributed by atoms with Gasteiger partial charge in [-0.1, -0.05) is 42.5 Å². The number of hydrogen-bond donors (Lipinski definition) is 1. The van der Waals surface area contributed by atoms with Gasteiger partial charge in [0.15, 0.2) is 0 Å². The van der Waals surface area contributed by atoms with E-state index < -0.39 is 0 Å². The molecule has 0 saturated carbocycles. The fourth-order valence-electron chi connectivity index (χ4n) is 4.43. The third-order valence-corrected chi connectivity index (χ3v) is 7.59. The number of fused-ring (bicyclic) bond motifs is 1. The van der Waals surface area contributed by atoms with Gasteiger partial charge in [0.1, 0.15) is 16.8 Å². The van der Waals surface area contributed by atoms with E-state index in [1.807, 2.05) is 67.6 Å². The number of carbonyl (C=O) groups excluding carboxylic acids is 1. The minimum atomic E-state index is -0.275. The molecule has 5 rings (SSSR count). The van der Waals surface area contributed by atoms with Crippen LogP contribution >= 0.6 is 11.3 Å². The number of carbonyl (C=O) groups is 1. The van der Waals surface area contributed by atoms with Crippen molar-refractivity contribution >= 4 is 33.1 Å². The van der Waals surface area contributed by atoms with Crippen LogP contribution in [-0.4, -0.2) is 18.0 Å². The minimum absolute atomic E-state index is 0.275. The summed E-state index contributed by atoms with van der Waals surface area (Å²) >= 11 is 1.40. The first-order chi connectivity index (χ1) is 17.9. The van der Waals surface area contributed by atoms with Crippen molar-refractivity contribution in [3.8, 4) is 34.2 Å². The average Bonchev–Trinajstić information content (AvgIpc) is 3.23. The molecule has 0 bridgehead atoms. The van der Waals surface area contributed by atoms with Gasteiger partial charge in [-0.2, -0.15) is 5.26 Å². The Bertz CT molecular complexity index is 1690. The second kappa shape index (κ2) is 9.88. The van der Waals surface area contributed by atoms with Crippen molar-refractivity contribution in [1.82, 2.24) is 4.98 Å². The Morgan fingerprint density at radius 2 is 1.68 bits per heavy atom. The van der Waals surface area contributed by atoms with Crippen molar-refractivity contribution in [2.24, 2.45) is 0 Å². The van der Waals surface area contributed by atoms with Crippen LogP contribution in [0.1, 0.15) is 31.9 Å². The van der Waals surface area contributed by atoms with Crippen molar-refractivity contribution < 1.29 is 9.53 Å². The Balaban J connectivity index is 1.57. The largest absolute Gasteiger partial charge is 0.497 e. The number of amides is 1. The number of hydrogen-bond acceptors (Lipinski definition) is 5. The van der Waals surface area contributed by atoms with Crippen LogP contribution in [0.5, 0.6) is 5.75 Å². The number of aryl methyl sites for hydroxylation is 3. The Hall–Kier alpha value is -4.47. The zero-order valence-corrected chi connectivity index (χ0v) is 21.9. The summed E-state index contributed by atoms with van der Waals surface area (Å²) in [6.45, 7) is 6.10.